The van der Waals surface area contributed by atoms with Crippen LogP contribution < -0.4 is 56.5 Å². The molecule has 0 saturated heterocycles. The molecule has 0 rings (SSSR count). The van der Waals surface area contributed by atoms with Gasteiger partial charge in [0.15, 0.2) is 0 Å². The van der Waals surface area contributed by atoms with Gasteiger partial charge in [-0.2, -0.15) is 0 Å². The third-order valence-electron chi connectivity index (χ3n) is 3.48. The van der Waals surface area contributed by atoms with Gasteiger partial charge in [0.2, 0.25) is 0 Å². The maximum Gasteiger partial charge on any atom is 1.00 e. The first kappa shape index (κ1) is 34.3. The summed E-state index contributed by atoms with van der Waals surface area (Å²) < 4.78 is 0. The van der Waals surface area contributed by atoms with Crippen LogP contribution in [-0.2, 0) is 4.79 Å². The van der Waals surface area contributed by atoms with Crippen LogP contribution in [0, 0.1) is 0 Å². The Morgan fingerprint density at radius 2 is 0.909 bits per heavy atom. The molecule has 0 atom stereocenters. The van der Waals surface area contributed by atoms with Crippen molar-refractivity contribution in [2.75, 3.05) is 0 Å². The second-order valence-electron chi connectivity index (χ2n) is 5.36. The largest absolute Gasteiger partial charge is 1.00 e. The first-order chi connectivity index (χ1) is 8.77. The second-order valence-corrected chi connectivity index (χ2v) is 5.36. The van der Waals surface area contributed by atoms with Gasteiger partial charge < -0.3 is 26.3 Å². The molecule has 0 bridgehead atoms. The minimum atomic E-state index is -0.905. The molecule has 132 valence electrons. The predicted molar refractivity (Wildman–Crippen MR) is 86.2 cm³/mol. The van der Waals surface area contributed by atoms with Crippen molar-refractivity contribution in [1.29, 1.82) is 0 Å². The summed E-state index contributed by atoms with van der Waals surface area (Å²) in [5, 5.41) is 10.2. The Morgan fingerprint density at radius 3 is 1.18 bits per heavy atom. The summed E-state index contributed by atoms with van der Waals surface area (Å²) in [6, 6.07) is 0. The van der Waals surface area contributed by atoms with Gasteiger partial charge in [-0.1, -0.05) is 84.0 Å². The first-order valence-corrected chi connectivity index (χ1v) is 7.97. The Hall–Kier alpha value is 0.986. The van der Waals surface area contributed by atoms with Crippen molar-refractivity contribution in [3.05, 3.63) is 0 Å². The predicted octanol–water partition coefficient (Wildman–Crippen LogP) is -1.25. The molecule has 0 unspecified atom stereocenters. The molecule has 0 aliphatic rings. The van der Waals surface area contributed by atoms with Crippen LogP contribution >= 0.6 is 0 Å². The van der Waals surface area contributed by atoms with Crippen LogP contribution in [0.1, 0.15) is 96.8 Å². The van der Waals surface area contributed by atoms with Crippen LogP contribution in [0.2, 0.25) is 0 Å². The molecule has 0 aliphatic heterocycles. The summed E-state index contributed by atoms with van der Waals surface area (Å²) in [6.07, 6.45) is 16.9. The van der Waals surface area contributed by atoms with Gasteiger partial charge in [-0.05, 0) is 12.8 Å². The van der Waals surface area contributed by atoms with E-state index < -0.39 is 5.97 Å². The van der Waals surface area contributed by atoms with Crippen molar-refractivity contribution in [3.63, 3.8) is 0 Å². The van der Waals surface area contributed by atoms with Crippen LogP contribution in [0.5, 0.6) is 0 Å². The van der Waals surface area contributed by atoms with Crippen molar-refractivity contribution in [2.24, 2.45) is 0 Å². The molecule has 5 nitrogen and oxygen atoms in total. The maximum atomic E-state index is 10.2. The van der Waals surface area contributed by atoms with E-state index in [4.69, 9.17) is 0 Å². The minimum Gasteiger partial charge on any atom is -0.550 e. The number of hydrogen-bond acceptors (Lipinski definition) is 2. The zero-order valence-electron chi connectivity index (χ0n) is 14.7. The molecular formula is C16H37KO5. The van der Waals surface area contributed by atoms with Gasteiger partial charge in [0.05, 0.1) is 0 Å². The molecule has 0 aromatic carbocycles. The molecule has 0 fully saturated rings. The van der Waals surface area contributed by atoms with Gasteiger partial charge in [-0.3, -0.25) is 0 Å². The van der Waals surface area contributed by atoms with E-state index in [2.05, 4.69) is 6.92 Å². The molecule has 6 N–H and O–H groups in total. The van der Waals surface area contributed by atoms with Crippen molar-refractivity contribution >= 4 is 5.97 Å². The van der Waals surface area contributed by atoms with E-state index in [9.17, 15) is 9.90 Å². The summed E-state index contributed by atoms with van der Waals surface area (Å²) in [6.45, 7) is 2.26. The van der Waals surface area contributed by atoms with Crippen molar-refractivity contribution in [3.8, 4) is 0 Å². The van der Waals surface area contributed by atoms with Crippen LogP contribution in [0.3, 0.4) is 0 Å². The topological polar surface area (TPSA) is 135 Å². The summed E-state index contributed by atoms with van der Waals surface area (Å²) in [4.78, 5) is 10.2. The Balaban J connectivity index is -0.000000241. The Morgan fingerprint density at radius 1 is 0.636 bits per heavy atom. The van der Waals surface area contributed by atoms with E-state index in [1.165, 1.54) is 70.6 Å². The van der Waals surface area contributed by atoms with E-state index in [-0.39, 0.29) is 74.2 Å². The molecular weight excluding hydrogens is 311 g/mol. The Kier molecular flexibility index (Phi) is 46.7. The van der Waals surface area contributed by atoms with E-state index in [0.717, 1.165) is 12.8 Å². The zero-order chi connectivity index (χ0) is 13.5. The van der Waals surface area contributed by atoms with Gasteiger partial charge in [0.1, 0.15) is 0 Å². The quantitative estimate of drug-likeness (QED) is 0.286. The van der Waals surface area contributed by atoms with Gasteiger partial charge in [0.25, 0.3) is 0 Å². The molecule has 0 aliphatic carbocycles. The number of carbonyl (C=O) groups is 1. The van der Waals surface area contributed by atoms with E-state index in [0.29, 0.717) is 0 Å². The average Bonchev–Trinajstić information content (AvgIpc) is 2.34. The van der Waals surface area contributed by atoms with Crippen LogP contribution in [0.4, 0.5) is 0 Å². The second kappa shape index (κ2) is 29.9. The number of aliphatic carboxylic acids is 1. The van der Waals surface area contributed by atoms with Gasteiger partial charge in [-0.25, -0.2) is 0 Å². The normalized spacial score (nSPS) is 8.77. The summed E-state index contributed by atoms with van der Waals surface area (Å²) in [5.74, 6) is -0.905. The smallest absolute Gasteiger partial charge is 0.550 e. The molecule has 0 aromatic heterocycles. The van der Waals surface area contributed by atoms with Gasteiger partial charge in [-0.15, -0.1) is 0 Å². The fourth-order valence-electron chi connectivity index (χ4n) is 2.29. The number of carboxylic acids is 1. The number of rotatable bonds is 14. The SMILES string of the molecule is CCCCCCCCCCCCCCCC(=O)[O-].O.O.O.[K+]. The molecule has 0 saturated carbocycles. The average molecular weight is 349 g/mol. The third kappa shape index (κ3) is 32.8. The van der Waals surface area contributed by atoms with E-state index in [1.807, 2.05) is 0 Å². The van der Waals surface area contributed by atoms with Gasteiger partial charge >= 0.3 is 51.4 Å². The number of carbonyl (C=O) groups excluding carboxylic acids is 1. The van der Waals surface area contributed by atoms with E-state index in [1.54, 1.807) is 0 Å². The molecule has 0 radical (unpaired) electrons. The fourth-order valence-corrected chi connectivity index (χ4v) is 2.29. The Labute approximate surface area is 179 Å². The maximum absolute atomic E-state index is 10.2. The molecule has 6 heteroatoms. The molecule has 0 aromatic rings. The minimum absolute atomic E-state index is 0. The van der Waals surface area contributed by atoms with Crippen LogP contribution in [-0.4, -0.2) is 22.4 Å². The molecule has 22 heavy (non-hydrogen) atoms. The van der Waals surface area contributed by atoms with Gasteiger partial charge in [0, 0.05) is 5.97 Å². The summed E-state index contributed by atoms with van der Waals surface area (Å²) in [5.41, 5.74) is 0. The standard InChI is InChI=1S/C16H32O2.K.3H2O/c1-2-3-4-5-6-7-8-9-10-11-12-13-14-15-16(17)18;;;;/h2-15H2,1H3,(H,17,18);;3*1H2/q;+1;;;/p-1. The van der Waals surface area contributed by atoms with E-state index >= 15 is 0 Å². The monoisotopic (exact) mass is 348 g/mol. The van der Waals surface area contributed by atoms with Crippen molar-refractivity contribution < 1.29 is 77.7 Å². The molecule has 0 amide bonds. The third-order valence-corrected chi connectivity index (χ3v) is 3.48. The molecule has 0 heterocycles. The Bertz CT molecular complexity index is 191. The zero-order valence-corrected chi connectivity index (χ0v) is 17.8. The summed E-state index contributed by atoms with van der Waals surface area (Å²) in [7, 11) is 0. The summed E-state index contributed by atoms with van der Waals surface area (Å²) >= 11 is 0. The van der Waals surface area contributed by atoms with Crippen molar-refractivity contribution in [2.45, 2.75) is 96.8 Å². The molecule has 0 spiro atoms. The number of hydrogen-bond donors (Lipinski definition) is 0. The number of unbranched alkanes of at least 4 members (excludes halogenated alkanes) is 12. The van der Waals surface area contributed by atoms with Crippen LogP contribution in [0.15, 0.2) is 0 Å². The first-order valence-electron chi connectivity index (χ1n) is 7.97. The number of carboxylic acid groups (broad SMARTS) is 1. The fraction of sp³-hybridized carbons (Fsp3) is 0.938. The van der Waals surface area contributed by atoms with Crippen molar-refractivity contribution in [1.82, 2.24) is 0 Å². The van der Waals surface area contributed by atoms with Crippen LogP contribution in [0.25, 0.3) is 0 Å².